The molecule has 0 N–H and O–H groups in total. The van der Waals surface area contributed by atoms with Crippen LogP contribution in [-0.2, 0) is 9.47 Å². The Kier molecular flexibility index (Phi) is 5.42. The highest BCUT2D eigenvalue weighted by Gasteiger charge is 2.25. The molecule has 1 aromatic rings. The first kappa shape index (κ1) is 15.9. The number of carbonyl (C=O) groups is 2. The van der Waals surface area contributed by atoms with Crippen LogP contribution in [-0.4, -0.2) is 49.4 Å². The Balaban J connectivity index is 3.53. The van der Waals surface area contributed by atoms with E-state index >= 15 is 0 Å². The summed E-state index contributed by atoms with van der Waals surface area (Å²) in [5.74, 6) is -1.17. The van der Waals surface area contributed by atoms with Crippen molar-refractivity contribution in [3.63, 3.8) is 0 Å². The van der Waals surface area contributed by atoms with Crippen molar-refractivity contribution in [2.75, 3.05) is 32.2 Å². The largest absolute Gasteiger partial charge is 0.464 e. The zero-order valence-corrected chi connectivity index (χ0v) is 12.4. The van der Waals surface area contributed by atoms with Crippen LogP contribution in [0.25, 0.3) is 0 Å². The average molecular weight is 281 g/mol. The second-order valence-electron chi connectivity index (χ2n) is 4.03. The van der Waals surface area contributed by atoms with E-state index in [4.69, 9.17) is 4.74 Å². The summed E-state index contributed by atoms with van der Waals surface area (Å²) in [4.78, 5) is 25.4. The third kappa shape index (κ3) is 2.87. The Morgan fingerprint density at radius 3 is 1.90 bits per heavy atom. The minimum atomic E-state index is -0.584. The van der Waals surface area contributed by atoms with E-state index < -0.39 is 11.9 Å². The summed E-state index contributed by atoms with van der Waals surface area (Å²) >= 11 is 0. The average Bonchev–Trinajstić information content (AvgIpc) is 2.48. The van der Waals surface area contributed by atoms with Gasteiger partial charge in [-0.1, -0.05) is 0 Å². The molecule has 7 nitrogen and oxygen atoms in total. The first-order chi connectivity index (χ1) is 9.51. The summed E-state index contributed by atoms with van der Waals surface area (Å²) < 4.78 is 9.38. The highest BCUT2D eigenvalue weighted by atomic mass is 16.5. The topological polar surface area (TPSA) is 81.6 Å². The van der Waals surface area contributed by atoms with Crippen molar-refractivity contribution in [2.45, 2.75) is 20.8 Å². The number of carbonyl (C=O) groups excluding carboxylic acids is 2. The molecule has 0 amide bonds. The van der Waals surface area contributed by atoms with Crippen LogP contribution in [0.4, 0.5) is 5.69 Å². The highest BCUT2D eigenvalue weighted by molar-refractivity contribution is 5.97. The number of hydrogen-bond acceptors (Lipinski definition) is 7. The highest BCUT2D eigenvalue weighted by Crippen LogP contribution is 2.26. The van der Waals surface area contributed by atoms with Crippen LogP contribution < -0.4 is 4.90 Å². The quantitative estimate of drug-likeness (QED) is 0.750. The molecule has 110 valence electrons. The van der Waals surface area contributed by atoms with Crippen molar-refractivity contribution in [1.82, 2.24) is 10.2 Å². The van der Waals surface area contributed by atoms with Crippen LogP contribution in [0.1, 0.15) is 40.4 Å². The van der Waals surface area contributed by atoms with Crippen LogP contribution in [0.2, 0.25) is 0 Å². The minimum absolute atomic E-state index is 0.0985. The number of aromatic nitrogens is 2. The van der Waals surface area contributed by atoms with Crippen molar-refractivity contribution in [2.24, 2.45) is 0 Å². The van der Waals surface area contributed by atoms with E-state index in [0.717, 1.165) is 0 Å². The fraction of sp³-hybridized carbons (Fsp3) is 0.538. The van der Waals surface area contributed by atoms with Crippen LogP contribution in [0.3, 0.4) is 0 Å². The molecular formula is C13H19N3O4. The van der Waals surface area contributed by atoms with Crippen molar-refractivity contribution in [1.29, 1.82) is 0 Å². The van der Waals surface area contributed by atoms with Crippen LogP contribution in [0.15, 0.2) is 0 Å². The predicted octanol–water partition coefficient (Wildman–Crippen LogP) is 1.20. The molecule has 0 aliphatic heterocycles. The van der Waals surface area contributed by atoms with Gasteiger partial charge in [0.15, 0.2) is 11.4 Å². The molecule has 0 radical (unpaired) electrons. The number of nitrogens with zero attached hydrogens (tertiary/aromatic N) is 3. The number of anilines is 1. The van der Waals surface area contributed by atoms with Gasteiger partial charge in [-0.25, -0.2) is 9.59 Å². The molecule has 0 atom stereocenters. The van der Waals surface area contributed by atoms with E-state index in [1.54, 1.807) is 6.92 Å². The maximum absolute atomic E-state index is 11.8. The van der Waals surface area contributed by atoms with Crippen LogP contribution in [0.5, 0.6) is 0 Å². The molecular weight excluding hydrogens is 262 g/mol. The van der Waals surface area contributed by atoms with E-state index in [0.29, 0.717) is 24.3 Å². The van der Waals surface area contributed by atoms with Gasteiger partial charge in [0, 0.05) is 18.7 Å². The molecule has 0 spiro atoms. The van der Waals surface area contributed by atoms with Crippen molar-refractivity contribution >= 4 is 17.6 Å². The minimum Gasteiger partial charge on any atom is -0.464 e. The van der Waals surface area contributed by atoms with E-state index in [2.05, 4.69) is 14.9 Å². The summed E-state index contributed by atoms with van der Waals surface area (Å²) in [7, 11) is 2.55. The second-order valence-corrected chi connectivity index (χ2v) is 4.03. The third-order valence-corrected chi connectivity index (χ3v) is 3.02. The lowest BCUT2D eigenvalue weighted by molar-refractivity contribution is 0.0573. The maximum atomic E-state index is 11.8. The number of methoxy groups -OCH3 is 2. The fourth-order valence-corrected chi connectivity index (χ4v) is 1.96. The Morgan fingerprint density at radius 1 is 1.00 bits per heavy atom. The number of hydrogen-bond donors (Lipinski definition) is 0. The van der Waals surface area contributed by atoms with Gasteiger partial charge in [0.1, 0.15) is 0 Å². The SMILES string of the molecule is CCN(CC)c1c(C(=O)OC)nnc(C(=O)OC)c1C. The fourth-order valence-electron chi connectivity index (χ4n) is 1.96. The first-order valence-corrected chi connectivity index (χ1v) is 6.30. The first-order valence-electron chi connectivity index (χ1n) is 6.30. The number of rotatable bonds is 5. The Labute approximate surface area is 117 Å². The van der Waals surface area contributed by atoms with Crippen molar-refractivity contribution < 1.29 is 19.1 Å². The second kappa shape index (κ2) is 6.83. The van der Waals surface area contributed by atoms with Gasteiger partial charge in [-0.3, -0.25) is 0 Å². The van der Waals surface area contributed by atoms with Gasteiger partial charge in [-0.05, 0) is 20.8 Å². The smallest absolute Gasteiger partial charge is 0.360 e. The third-order valence-electron chi connectivity index (χ3n) is 3.02. The standard InChI is InChI=1S/C13H19N3O4/c1-6-16(7-2)11-8(3)9(12(17)19-4)14-15-10(11)13(18)20-5/h6-7H2,1-5H3. The normalized spacial score (nSPS) is 10.1. The Morgan fingerprint density at radius 2 is 1.45 bits per heavy atom. The molecule has 0 saturated heterocycles. The van der Waals surface area contributed by atoms with Crippen LogP contribution >= 0.6 is 0 Å². The molecule has 0 fully saturated rings. The summed E-state index contributed by atoms with van der Waals surface area (Å²) in [6.07, 6.45) is 0. The zero-order valence-electron chi connectivity index (χ0n) is 12.4. The molecule has 0 aliphatic rings. The molecule has 1 rings (SSSR count). The molecule has 1 aromatic heterocycles. The van der Waals surface area contributed by atoms with E-state index in [9.17, 15) is 9.59 Å². The number of esters is 2. The summed E-state index contributed by atoms with van der Waals surface area (Å²) in [5.41, 5.74) is 1.30. The monoisotopic (exact) mass is 281 g/mol. The van der Waals surface area contributed by atoms with Crippen molar-refractivity contribution in [3.05, 3.63) is 17.0 Å². The molecule has 0 saturated carbocycles. The predicted molar refractivity (Wildman–Crippen MR) is 73.0 cm³/mol. The number of ether oxygens (including phenoxy) is 2. The summed E-state index contributed by atoms with van der Waals surface area (Å²) in [6, 6.07) is 0. The summed E-state index contributed by atoms with van der Waals surface area (Å²) in [5, 5.41) is 7.61. The lowest BCUT2D eigenvalue weighted by atomic mass is 10.1. The van der Waals surface area contributed by atoms with Gasteiger partial charge in [-0.15, -0.1) is 10.2 Å². The maximum Gasteiger partial charge on any atom is 0.360 e. The molecule has 7 heteroatoms. The van der Waals surface area contributed by atoms with E-state index in [1.807, 2.05) is 18.7 Å². The van der Waals surface area contributed by atoms with Gasteiger partial charge in [-0.2, -0.15) is 0 Å². The Hall–Kier alpha value is -2.18. The Bertz CT molecular complexity index is 513. The van der Waals surface area contributed by atoms with Crippen LogP contribution in [0, 0.1) is 6.92 Å². The molecule has 20 heavy (non-hydrogen) atoms. The van der Waals surface area contributed by atoms with Gasteiger partial charge >= 0.3 is 11.9 Å². The van der Waals surface area contributed by atoms with Gasteiger partial charge < -0.3 is 14.4 Å². The van der Waals surface area contributed by atoms with E-state index in [-0.39, 0.29) is 11.4 Å². The van der Waals surface area contributed by atoms with Gasteiger partial charge in [0.25, 0.3) is 0 Å². The molecule has 0 unspecified atom stereocenters. The molecule has 0 aromatic carbocycles. The zero-order chi connectivity index (χ0) is 15.3. The van der Waals surface area contributed by atoms with E-state index in [1.165, 1.54) is 14.2 Å². The molecule has 1 heterocycles. The summed E-state index contributed by atoms with van der Waals surface area (Å²) in [6.45, 7) is 6.92. The molecule has 0 bridgehead atoms. The van der Waals surface area contributed by atoms with Gasteiger partial charge in [0.2, 0.25) is 0 Å². The van der Waals surface area contributed by atoms with Crippen molar-refractivity contribution in [3.8, 4) is 0 Å². The lowest BCUT2D eigenvalue weighted by Crippen LogP contribution is -2.28. The van der Waals surface area contributed by atoms with Gasteiger partial charge in [0.05, 0.1) is 19.9 Å². The lowest BCUT2D eigenvalue weighted by Gasteiger charge is -2.24. The molecule has 0 aliphatic carbocycles.